The molecule has 0 saturated heterocycles. The van der Waals surface area contributed by atoms with Crippen LogP contribution in [0.15, 0.2) is 24.4 Å². The third-order valence-electron chi connectivity index (χ3n) is 2.31. The second-order valence-electron chi connectivity index (χ2n) is 3.53. The average molecular weight is 287 g/mol. The number of rotatable bonds is 4. The summed E-state index contributed by atoms with van der Waals surface area (Å²) in [5.41, 5.74) is 0.852. The Balaban J connectivity index is 2.04. The molecule has 2 nitrogen and oxygen atoms in total. The van der Waals surface area contributed by atoms with Crippen LogP contribution in [-0.4, -0.2) is 4.98 Å². The van der Waals surface area contributed by atoms with Crippen LogP contribution in [0.3, 0.4) is 0 Å². The van der Waals surface area contributed by atoms with E-state index in [0.29, 0.717) is 10.0 Å². The highest BCUT2D eigenvalue weighted by molar-refractivity contribution is 7.11. The molecule has 90 valence electrons. The summed E-state index contributed by atoms with van der Waals surface area (Å²) in [6, 6.07) is 5.56. The molecule has 0 atom stereocenters. The van der Waals surface area contributed by atoms with E-state index in [1.165, 1.54) is 4.88 Å². The first-order valence-corrected chi connectivity index (χ1v) is 6.89. The van der Waals surface area contributed by atoms with Gasteiger partial charge in [0.15, 0.2) is 0 Å². The molecule has 17 heavy (non-hydrogen) atoms. The third-order valence-corrected chi connectivity index (χ3v) is 4.27. The van der Waals surface area contributed by atoms with Gasteiger partial charge in [0.2, 0.25) is 0 Å². The largest absolute Gasteiger partial charge is 0.379 e. The van der Waals surface area contributed by atoms with E-state index in [9.17, 15) is 0 Å². The minimum absolute atomic E-state index is 0.564. The molecule has 0 spiro atoms. The van der Waals surface area contributed by atoms with Crippen LogP contribution >= 0.6 is 34.5 Å². The van der Waals surface area contributed by atoms with Crippen LogP contribution in [-0.2, 0) is 13.0 Å². The summed E-state index contributed by atoms with van der Waals surface area (Å²) in [5.74, 6) is 0. The maximum Gasteiger partial charge on any atom is 0.0925 e. The second-order valence-corrected chi connectivity index (χ2v) is 5.51. The molecule has 1 N–H and O–H groups in total. The van der Waals surface area contributed by atoms with E-state index >= 15 is 0 Å². The standard InChI is InChI=1S/C12H12Cl2N2S/c1-2-11-16-7-8(17-11)6-15-10-5-3-4-9(13)12(10)14/h3-5,7,15H,2,6H2,1H3. The lowest BCUT2D eigenvalue weighted by atomic mass is 10.3. The topological polar surface area (TPSA) is 24.9 Å². The summed E-state index contributed by atoms with van der Waals surface area (Å²) in [6.45, 7) is 2.82. The number of benzene rings is 1. The van der Waals surface area contributed by atoms with E-state index in [1.54, 1.807) is 17.4 Å². The van der Waals surface area contributed by atoms with Crippen LogP contribution in [0.25, 0.3) is 0 Å². The monoisotopic (exact) mass is 286 g/mol. The number of hydrogen-bond donors (Lipinski definition) is 1. The number of nitrogens with one attached hydrogen (secondary N) is 1. The molecule has 1 aromatic carbocycles. The van der Waals surface area contributed by atoms with E-state index in [-0.39, 0.29) is 0 Å². The lowest BCUT2D eigenvalue weighted by Gasteiger charge is -2.07. The van der Waals surface area contributed by atoms with Gasteiger partial charge in [-0.1, -0.05) is 36.2 Å². The molecule has 0 fully saturated rings. The van der Waals surface area contributed by atoms with Gasteiger partial charge in [-0.05, 0) is 18.6 Å². The Morgan fingerprint density at radius 1 is 1.35 bits per heavy atom. The molecule has 1 aromatic heterocycles. The molecule has 5 heteroatoms. The normalized spacial score (nSPS) is 10.5. The first-order chi connectivity index (χ1) is 8.20. The van der Waals surface area contributed by atoms with Crippen molar-refractivity contribution in [1.82, 2.24) is 4.98 Å². The van der Waals surface area contributed by atoms with Gasteiger partial charge in [-0.3, -0.25) is 0 Å². The smallest absolute Gasteiger partial charge is 0.0925 e. The van der Waals surface area contributed by atoms with Gasteiger partial charge in [-0.25, -0.2) is 4.98 Å². The number of nitrogens with zero attached hydrogens (tertiary/aromatic N) is 1. The van der Waals surface area contributed by atoms with Gasteiger partial charge < -0.3 is 5.32 Å². The maximum atomic E-state index is 6.09. The molecule has 0 bridgehead atoms. The minimum atomic E-state index is 0.564. The van der Waals surface area contributed by atoms with Gasteiger partial charge in [0.05, 0.1) is 27.3 Å². The molecule has 2 aromatic rings. The van der Waals surface area contributed by atoms with Gasteiger partial charge in [0.1, 0.15) is 0 Å². The molecule has 2 rings (SSSR count). The van der Waals surface area contributed by atoms with Crippen molar-refractivity contribution in [1.29, 1.82) is 0 Å². The summed E-state index contributed by atoms with van der Waals surface area (Å²) in [6.07, 6.45) is 2.87. The number of thiazole rings is 1. The SMILES string of the molecule is CCc1ncc(CNc2cccc(Cl)c2Cl)s1. The molecule has 0 saturated carbocycles. The van der Waals surface area contributed by atoms with Crippen molar-refractivity contribution >= 4 is 40.2 Å². The van der Waals surface area contributed by atoms with Crippen LogP contribution in [0.4, 0.5) is 5.69 Å². The lowest BCUT2D eigenvalue weighted by molar-refractivity contribution is 1.09. The zero-order valence-electron chi connectivity index (χ0n) is 9.34. The first-order valence-electron chi connectivity index (χ1n) is 5.32. The van der Waals surface area contributed by atoms with Crippen molar-refractivity contribution < 1.29 is 0 Å². The summed E-state index contributed by atoms with van der Waals surface area (Å²) >= 11 is 13.7. The molecule has 0 aliphatic rings. The number of anilines is 1. The Morgan fingerprint density at radius 2 is 2.18 bits per heavy atom. The molecule has 1 heterocycles. The lowest BCUT2D eigenvalue weighted by Crippen LogP contribution is -1.97. The zero-order chi connectivity index (χ0) is 12.3. The highest BCUT2D eigenvalue weighted by Gasteiger charge is 2.05. The van der Waals surface area contributed by atoms with Crippen molar-refractivity contribution in [2.24, 2.45) is 0 Å². The Bertz CT molecular complexity index is 511. The molecule has 0 amide bonds. The fourth-order valence-electron chi connectivity index (χ4n) is 1.42. The van der Waals surface area contributed by atoms with Crippen LogP contribution < -0.4 is 5.32 Å². The van der Waals surface area contributed by atoms with Crippen molar-refractivity contribution in [3.8, 4) is 0 Å². The fourth-order valence-corrected chi connectivity index (χ4v) is 2.59. The van der Waals surface area contributed by atoms with Gasteiger partial charge in [-0.2, -0.15) is 0 Å². The molecule has 0 unspecified atom stereocenters. The van der Waals surface area contributed by atoms with E-state index in [2.05, 4.69) is 17.2 Å². The Kier molecular flexibility index (Phi) is 4.26. The predicted octanol–water partition coefficient (Wildman–Crippen LogP) is 4.62. The fraction of sp³-hybridized carbons (Fsp3) is 0.250. The van der Waals surface area contributed by atoms with E-state index in [0.717, 1.165) is 23.7 Å². The Labute approximate surface area is 115 Å². The number of hydrogen-bond acceptors (Lipinski definition) is 3. The second kappa shape index (κ2) is 5.71. The van der Waals surface area contributed by atoms with Crippen LogP contribution in [0.1, 0.15) is 16.8 Å². The van der Waals surface area contributed by atoms with Crippen molar-refractivity contribution in [2.75, 3.05) is 5.32 Å². The van der Waals surface area contributed by atoms with Crippen LogP contribution in [0.5, 0.6) is 0 Å². The third kappa shape index (κ3) is 3.12. The minimum Gasteiger partial charge on any atom is -0.379 e. The van der Waals surface area contributed by atoms with E-state index in [1.807, 2.05) is 18.3 Å². The number of halogens is 2. The van der Waals surface area contributed by atoms with Gasteiger partial charge in [0.25, 0.3) is 0 Å². The summed E-state index contributed by atoms with van der Waals surface area (Å²) in [5, 5.41) is 5.54. The van der Waals surface area contributed by atoms with Gasteiger partial charge >= 0.3 is 0 Å². The van der Waals surface area contributed by atoms with Crippen LogP contribution in [0.2, 0.25) is 10.0 Å². The first kappa shape index (κ1) is 12.7. The summed E-state index contributed by atoms with van der Waals surface area (Å²) in [4.78, 5) is 5.50. The van der Waals surface area contributed by atoms with Crippen molar-refractivity contribution in [3.63, 3.8) is 0 Å². The average Bonchev–Trinajstić information content (AvgIpc) is 2.79. The summed E-state index contributed by atoms with van der Waals surface area (Å²) < 4.78 is 0. The van der Waals surface area contributed by atoms with Crippen LogP contribution in [0, 0.1) is 0 Å². The number of aromatic nitrogens is 1. The van der Waals surface area contributed by atoms with Crippen molar-refractivity contribution in [2.45, 2.75) is 19.9 Å². The quantitative estimate of drug-likeness (QED) is 0.887. The molecular weight excluding hydrogens is 275 g/mol. The highest BCUT2D eigenvalue weighted by atomic mass is 35.5. The van der Waals surface area contributed by atoms with E-state index < -0.39 is 0 Å². The molecule has 0 aliphatic carbocycles. The van der Waals surface area contributed by atoms with E-state index in [4.69, 9.17) is 23.2 Å². The Morgan fingerprint density at radius 3 is 2.88 bits per heavy atom. The highest BCUT2D eigenvalue weighted by Crippen LogP contribution is 2.30. The molecule has 0 aliphatic heterocycles. The predicted molar refractivity (Wildman–Crippen MR) is 75.3 cm³/mol. The maximum absolute atomic E-state index is 6.09. The van der Waals surface area contributed by atoms with Gasteiger partial charge in [0, 0.05) is 11.1 Å². The summed E-state index contributed by atoms with van der Waals surface area (Å²) in [7, 11) is 0. The van der Waals surface area contributed by atoms with Crippen molar-refractivity contribution in [3.05, 3.63) is 44.3 Å². The molecular formula is C12H12Cl2N2S. The van der Waals surface area contributed by atoms with Gasteiger partial charge in [-0.15, -0.1) is 11.3 Å². The molecule has 0 radical (unpaired) electrons. The number of aryl methyl sites for hydroxylation is 1. The zero-order valence-corrected chi connectivity index (χ0v) is 11.7. The Hall–Kier alpha value is -0.770.